The van der Waals surface area contributed by atoms with E-state index in [2.05, 4.69) is 11.1 Å². The molecule has 2 aromatic rings. The summed E-state index contributed by atoms with van der Waals surface area (Å²) in [7, 11) is 0. The van der Waals surface area contributed by atoms with Gasteiger partial charge in [-0.25, -0.2) is 0 Å². The standard InChI is InChI=1S/C13H15ClN2/c1-7-4-10(9(3)15)6-11-12(14)5-8(2)16-13(7)11/h4-6,9H,15H2,1-3H3. The lowest BCUT2D eigenvalue weighted by Gasteiger charge is -2.11. The first-order valence-electron chi connectivity index (χ1n) is 5.32. The normalized spacial score (nSPS) is 13.1. The molecule has 0 bridgehead atoms. The summed E-state index contributed by atoms with van der Waals surface area (Å²) in [5.41, 5.74) is 10.0. The highest BCUT2D eigenvalue weighted by Gasteiger charge is 2.08. The summed E-state index contributed by atoms with van der Waals surface area (Å²) in [5.74, 6) is 0. The first-order valence-corrected chi connectivity index (χ1v) is 5.70. The van der Waals surface area contributed by atoms with Crippen LogP contribution in [0.1, 0.15) is 29.8 Å². The largest absolute Gasteiger partial charge is 0.324 e. The van der Waals surface area contributed by atoms with E-state index in [0.29, 0.717) is 0 Å². The highest BCUT2D eigenvalue weighted by atomic mass is 35.5. The summed E-state index contributed by atoms with van der Waals surface area (Å²) in [6, 6.07) is 6.01. The number of hydrogen-bond donors (Lipinski definition) is 1. The van der Waals surface area contributed by atoms with Crippen molar-refractivity contribution in [2.45, 2.75) is 26.8 Å². The van der Waals surface area contributed by atoms with Crippen molar-refractivity contribution in [1.29, 1.82) is 0 Å². The van der Waals surface area contributed by atoms with E-state index in [0.717, 1.165) is 32.7 Å². The summed E-state index contributed by atoms with van der Waals surface area (Å²) in [6.45, 7) is 5.96. The number of pyridine rings is 1. The SMILES string of the molecule is Cc1cc(Cl)c2cc(C(C)N)cc(C)c2n1. The molecule has 0 fully saturated rings. The van der Waals surface area contributed by atoms with E-state index in [1.165, 1.54) is 0 Å². The maximum atomic E-state index is 6.23. The molecule has 0 amide bonds. The Morgan fingerprint density at radius 1 is 1.25 bits per heavy atom. The number of aromatic nitrogens is 1. The molecule has 2 nitrogen and oxygen atoms in total. The summed E-state index contributed by atoms with van der Waals surface area (Å²) in [4.78, 5) is 4.51. The van der Waals surface area contributed by atoms with Crippen molar-refractivity contribution in [3.05, 3.63) is 40.0 Å². The van der Waals surface area contributed by atoms with Gasteiger partial charge in [0.2, 0.25) is 0 Å². The van der Waals surface area contributed by atoms with Gasteiger partial charge in [0.25, 0.3) is 0 Å². The molecule has 2 N–H and O–H groups in total. The fourth-order valence-corrected chi connectivity index (χ4v) is 2.17. The first kappa shape index (κ1) is 11.4. The van der Waals surface area contributed by atoms with E-state index < -0.39 is 0 Å². The lowest BCUT2D eigenvalue weighted by molar-refractivity contribution is 0.818. The molecule has 0 spiro atoms. The number of benzene rings is 1. The van der Waals surface area contributed by atoms with Crippen molar-refractivity contribution in [3.63, 3.8) is 0 Å². The van der Waals surface area contributed by atoms with Crippen molar-refractivity contribution in [2.24, 2.45) is 5.73 Å². The minimum atomic E-state index is 0.0143. The zero-order valence-electron chi connectivity index (χ0n) is 9.71. The number of nitrogens with zero attached hydrogens (tertiary/aromatic N) is 1. The second-order valence-electron chi connectivity index (χ2n) is 4.27. The Morgan fingerprint density at radius 2 is 1.94 bits per heavy atom. The van der Waals surface area contributed by atoms with E-state index in [-0.39, 0.29) is 6.04 Å². The van der Waals surface area contributed by atoms with E-state index in [4.69, 9.17) is 17.3 Å². The zero-order valence-corrected chi connectivity index (χ0v) is 10.5. The second-order valence-corrected chi connectivity index (χ2v) is 4.68. The van der Waals surface area contributed by atoms with Crippen LogP contribution in [0.3, 0.4) is 0 Å². The Balaban J connectivity index is 2.82. The van der Waals surface area contributed by atoms with Crippen molar-refractivity contribution in [3.8, 4) is 0 Å². The van der Waals surface area contributed by atoms with Crippen LogP contribution < -0.4 is 5.73 Å². The van der Waals surface area contributed by atoms with Gasteiger partial charge in [-0.2, -0.15) is 0 Å². The third kappa shape index (κ3) is 1.91. The van der Waals surface area contributed by atoms with Crippen molar-refractivity contribution in [2.75, 3.05) is 0 Å². The van der Waals surface area contributed by atoms with Crippen LogP contribution in [0.2, 0.25) is 5.02 Å². The minimum Gasteiger partial charge on any atom is -0.324 e. The lowest BCUT2D eigenvalue weighted by atomic mass is 10.0. The van der Waals surface area contributed by atoms with Crippen LogP contribution in [0.15, 0.2) is 18.2 Å². The van der Waals surface area contributed by atoms with Gasteiger partial charge in [-0.1, -0.05) is 17.7 Å². The average molecular weight is 235 g/mol. The highest BCUT2D eigenvalue weighted by molar-refractivity contribution is 6.35. The smallest absolute Gasteiger partial charge is 0.0749 e. The third-order valence-corrected chi connectivity index (χ3v) is 3.04. The molecule has 1 aromatic heterocycles. The van der Waals surface area contributed by atoms with Gasteiger partial charge >= 0.3 is 0 Å². The number of fused-ring (bicyclic) bond motifs is 1. The predicted octanol–water partition coefficient (Wildman–Crippen LogP) is 3.52. The number of hydrogen-bond acceptors (Lipinski definition) is 2. The van der Waals surface area contributed by atoms with E-state index in [1.807, 2.05) is 32.9 Å². The predicted molar refractivity (Wildman–Crippen MR) is 68.8 cm³/mol. The van der Waals surface area contributed by atoms with Gasteiger partial charge in [-0.15, -0.1) is 0 Å². The number of aryl methyl sites for hydroxylation is 2. The molecular formula is C13H15ClN2. The molecule has 0 saturated carbocycles. The Hall–Kier alpha value is -1.12. The van der Waals surface area contributed by atoms with Gasteiger partial charge < -0.3 is 5.73 Å². The van der Waals surface area contributed by atoms with Crippen LogP contribution in [0.4, 0.5) is 0 Å². The summed E-state index contributed by atoms with van der Waals surface area (Å²) >= 11 is 6.23. The molecule has 2 rings (SSSR count). The first-order chi connectivity index (χ1) is 7.49. The van der Waals surface area contributed by atoms with Crippen LogP contribution in [0, 0.1) is 13.8 Å². The maximum Gasteiger partial charge on any atom is 0.0749 e. The quantitative estimate of drug-likeness (QED) is 0.820. The fourth-order valence-electron chi connectivity index (χ4n) is 1.87. The molecule has 1 unspecified atom stereocenters. The molecule has 1 heterocycles. The molecule has 0 aliphatic heterocycles. The molecule has 0 radical (unpaired) electrons. The molecule has 1 aromatic carbocycles. The van der Waals surface area contributed by atoms with E-state index in [1.54, 1.807) is 0 Å². The van der Waals surface area contributed by atoms with Crippen LogP contribution in [-0.4, -0.2) is 4.98 Å². The molecule has 1 atom stereocenters. The van der Waals surface area contributed by atoms with Gasteiger partial charge in [0.1, 0.15) is 0 Å². The molecule has 0 aliphatic rings. The second kappa shape index (κ2) is 4.04. The molecule has 0 aliphatic carbocycles. The number of halogens is 1. The van der Waals surface area contributed by atoms with Gasteiger partial charge in [0.15, 0.2) is 0 Å². The van der Waals surface area contributed by atoms with E-state index in [9.17, 15) is 0 Å². The van der Waals surface area contributed by atoms with Gasteiger partial charge in [-0.05, 0) is 44.0 Å². The molecule has 84 valence electrons. The van der Waals surface area contributed by atoms with Gasteiger partial charge in [0.05, 0.1) is 10.5 Å². The zero-order chi connectivity index (χ0) is 11.9. The Labute approximate surface area is 100 Å². The fraction of sp³-hybridized carbons (Fsp3) is 0.308. The third-order valence-electron chi connectivity index (χ3n) is 2.73. The summed E-state index contributed by atoms with van der Waals surface area (Å²) < 4.78 is 0. The van der Waals surface area contributed by atoms with Crippen LogP contribution in [0.5, 0.6) is 0 Å². The molecule has 0 saturated heterocycles. The Bertz CT molecular complexity index is 547. The average Bonchev–Trinajstić information content (AvgIpc) is 2.19. The highest BCUT2D eigenvalue weighted by Crippen LogP contribution is 2.28. The molecule has 16 heavy (non-hydrogen) atoms. The van der Waals surface area contributed by atoms with Crippen LogP contribution in [0.25, 0.3) is 10.9 Å². The van der Waals surface area contributed by atoms with Crippen LogP contribution in [-0.2, 0) is 0 Å². The van der Waals surface area contributed by atoms with Crippen molar-refractivity contribution in [1.82, 2.24) is 4.98 Å². The maximum absolute atomic E-state index is 6.23. The van der Waals surface area contributed by atoms with Crippen molar-refractivity contribution < 1.29 is 0 Å². The Morgan fingerprint density at radius 3 is 2.56 bits per heavy atom. The van der Waals surface area contributed by atoms with Gasteiger partial charge in [0, 0.05) is 17.1 Å². The molecule has 3 heteroatoms. The topological polar surface area (TPSA) is 38.9 Å². The van der Waals surface area contributed by atoms with E-state index >= 15 is 0 Å². The minimum absolute atomic E-state index is 0.0143. The number of nitrogens with two attached hydrogens (primary N) is 1. The van der Waals surface area contributed by atoms with Crippen LogP contribution >= 0.6 is 11.6 Å². The van der Waals surface area contributed by atoms with Gasteiger partial charge in [-0.3, -0.25) is 4.98 Å². The Kier molecular flexibility index (Phi) is 2.87. The summed E-state index contributed by atoms with van der Waals surface area (Å²) in [6.07, 6.45) is 0. The van der Waals surface area contributed by atoms with Crippen molar-refractivity contribution >= 4 is 22.5 Å². The lowest BCUT2D eigenvalue weighted by Crippen LogP contribution is -2.05. The molecular weight excluding hydrogens is 220 g/mol. The summed E-state index contributed by atoms with van der Waals surface area (Å²) in [5, 5.41) is 1.73. The number of rotatable bonds is 1. The monoisotopic (exact) mass is 234 g/mol.